The van der Waals surface area contributed by atoms with Gasteiger partial charge in [-0.25, -0.2) is 0 Å². The molecule has 0 bridgehead atoms. The van der Waals surface area contributed by atoms with Gasteiger partial charge in [0.2, 0.25) is 5.91 Å². The summed E-state index contributed by atoms with van der Waals surface area (Å²) in [6.07, 6.45) is 0. The van der Waals surface area contributed by atoms with E-state index in [0.29, 0.717) is 13.1 Å². The molecule has 6 heteroatoms. The van der Waals surface area contributed by atoms with Crippen molar-refractivity contribution in [3.63, 3.8) is 0 Å². The third kappa shape index (κ3) is 5.46. The molecule has 1 fully saturated rings. The van der Waals surface area contributed by atoms with Crippen molar-refractivity contribution in [3.05, 3.63) is 34.9 Å². The maximum absolute atomic E-state index is 12.2. The Morgan fingerprint density at radius 1 is 1.35 bits per heavy atom. The fourth-order valence-corrected chi connectivity index (χ4v) is 3.03. The Morgan fingerprint density at radius 3 is 2.74 bits per heavy atom. The van der Waals surface area contributed by atoms with Crippen LogP contribution in [0.3, 0.4) is 0 Å². The number of nitrogens with one attached hydrogen (secondary N) is 2. The quantitative estimate of drug-likeness (QED) is 0.793. The first-order valence-electron chi connectivity index (χ1n) is 8.11. The maximum Gasteiger partial charge on any atom is 0.224 e. The van der Waals surface area contributed by atoms with Crippen LogP contribution < -0.4 is 10.6 Å². The number of hydrogen-bond donors (Lipinski definition) is 2. The predicted octanol–water partition coefficient (Wildman–Crippen LogP) is 1.68. The van der Waals surface area contributed by atoms with Crippen LogP contribution in [0.15, 0.2) is 24.3 Å². The lowest BCUT2D eigenvalue weighted by molar-refractivity contribution is -0.124. The third-order valence-corrected chi connectivity index (χ3v) is 4.38. The molecule has 1 aromatic rings. The van der Waals surface area contributed by atoms with E-state index in [0.717, 1.165) is 36.9 Å². The van der Waals surface area contributed by atoms with Crippen LogP contribution in [0.1, 0.15) is 18.5 Å². The molecule has 1 aliphatic heterocycles. The molecule has 1 saturated heterocycles. The lowest BCUT2D eigenvalue weighted by Crippen LogP contribution is -2.45. The fourth-order valence-electron chi connectivity index (χ4n) is 2.83. The van der Waals surface area contributed by atoms with Gasteiger partial charge in [0.15, 0.2) is 0 Å². The summed E-state index contributed by atoms with van der Waals surface area (Å²) in [7, 11) is 1.85. The van der Waals surface area contributed by atoms with Crippen LogP contribution in [0.25, 0.3) is 0 Å². The number of ether oxygens (including phenoxy) is 1. The molecule has 2 rings (SSSR count). The van der Waals surface area contributed by atoms with E-state index in [1.165, 1.54) is 0 Å². The molecule has 23 heavy (non-hydrogen) atoms. The number of carbonyl (C=O) groups is 1. The molecular weight excluding hydrogens is 314 g/mol. The SMILES string of the molecule is CNCC(C)C(=O)NCC(c1cccc(Cl)c1)N1CCOCC1. The highest BCUT2D eigenvalue weighted by molar-refractivity contribution is 6.30. The van der Waals surface area contributed by atoms with E-state index in [-0.39, 0.29) is 17.9 Å². The van der Waals surface area contributed by atoms with Crippen molar-refractivity contribution >= 4 is 17.5 Å². The van der Waals surface area contributed by atoms with Crippen LogP contribution in [0.5, 0.6) is 0 Å². The van der Waals surface area contributed by atoms with E-state index in [1.54, 1.807) is 0 Å². The van der Waals surface area contributed by atoms with E-state index in [9.17, 15) is 4.79 Å². The Hall–Kier alpha value is -1.14. The Kier molecular flexibility index (Phi) is 7.30. The first kappa shape index (κ1) is 18.2. The summed E-state index contributed by atoms with van der Waals surface area (Å²) in [5, 5.41) is 6.83. The maximum atomic E-state index is 12.2. The zero-order valence-corrected chi connectivity index (χ0v) is 14.6. The number of morpholine rings is 1. The van der Waals surface area contributed by atoms with Crippen LogP contribution in [0, 0.1) is 5.92 Å². The van der Waals surface area contributed by atoms with Crippen molar-refractivity contribution in [3.8, 4) is 0 Å². The summed E-state index contributed by atoms with van der Waals surface area (Å²) < 4.78 is 5.44. The first-order chi connectivity index (χ1) is 11.1. The zero-order chi connectivity index (χ0) is 16.7. The number of benzene rings is 1. The molecule has 5 nitrogen and oxygen atoms in total. The highest BCUT2D eigenvalue weighted by Crippen LogP contribution is 2.24. The van der Waals surface area contributed by atoms with Gasteiger partial charge in [0.05, 0.1) is 19.3 Å². The molecule has 0 spiro atoms. The van der Waals surface area contributed by atoms with Crippen LogP contribution in [-0.4, -0.2) is 57.2 Å². The Balaban J connectivity index is 2.06. The minimum Gasteiger partial charge on any atom is -0.379 e. The van der Waals surface area contributed by atoms with Gasteiger partial charge in [-0.1, -0.05) is 30.7 Å². The highest BCUT2D eigenvalue weighted by Gasteiger charge is 2.24. The Bertz CT molecular complexity index is 506. The van der Waals surface area contributed by atoms with Gasteiger partial charge in [0.1, 0.15) is 0 Å². The topological polar surface area (TPSA) is 53.6 Å². The van der Waals surface area contributed by atoms with Gasteiger partial charge in [0.25, 0.3) is 0 Å². The number of amides is 1. The summed E-state index contributed by atoms with van der Waals surface area (Å²) in [6, 6.07) is 7.98. The molecule has 0 saturated carbocycles. The minimum atomic E-state index is -0.0512. The average Bonchev–Trinajstić information content (AvgIpc) is 2.56. The van der Waals surface area contributed by atoms with Gasteiger partial charge in [-0.15, -0.1) is 0 Å². The van der Waals surface area contributed by atoms with Gasteiger partial charge in [-0.3, -0.25) is 9.69 Å². The van der Waals surface area contributed by atoms with Crippen molar-refractivity contribution in [1.82, 2.24) is 15.5 Å². The van der Waals surface area contributed by atoms with Crippen molar-refractivity contribution in [2.24, 2.45) is 5.92 Å². The molecule has 1 aromatic carbocycles. The number of rotatable bonds is 7. The summed E-state index contributed by atoms with van der Waals surface area (Å²) in [4.78, 5) is 14.5. The molecule has 128 valence electrons. The van der Waals surface area contributed by atoms with Crippen LogP contribution in [0.2, 0.25) is 5.02 Å². The fraction of sp³-hybridized carbons (Fsp3) is 0.588. The standard InChI is InChI=1S/C17H26ClN3O2/c1-13(11-19-2)17(22)20-12-16(21-6-8-23-9-7-21)14-4-3-5-15(18)10-14/h3-5,10,13,16,19H,6-9,11-12H2,1-2H3,(H,20,22). The van der Waals surface area contributed by atoms with E-state index in [4.69, 9.17) is 16.3 Å². The second-order valence-electron chi connectivity index (χ2n) is 5.92. The first-order valence-corrected chi connectivity index (χ1v) is 8.49. The molecule has 0 aromatic heterocycles. The van der Waals surface area contributed by atoms with Gasteiger partial charge >= 0.3 is 0 Å². The predicted molar refractivity (Wildman–Crippen MR) is 92.7 cm³/mol. The number of carbonyl (C=O) groups excluding carboxylic acids is 1. The van der Waals surface area contributed by atoms with Gasteiger partial charge in [0, 0.05) is 37.1 Å². The molecule has 2 atom stereocenters. The summed E-state index contributed by atoms with van der Waals surface area (Å²) in [5.74, 6) is 0.0179. The van der Waals surface area contributed by atoms with Crippen LogP contribution in [-0.2, 0) is 9.53 Å². The van der Waals surface area contributed by atoms with Crippen molar-refractivity contribution in [2.75, 3.05) is 46.4 Å². The summed E-state index contributed by atoms with van der Waals surface area (Å²) in [5.41, 5.74) is 1.13. The Labute approximate surface area is 143 Å². The molecule has 1 heterocycles. The van der Waals surface area contributed by atoms with E-state index in [1.807, 2.05) is 32.2 Å². The second-order valence-corrected chi connectivity index (χ2v) is 6.36. The van der Waals surface area contributed by atoms with Crippen LogP contribution >= 0.6 is 11.6 Å². The lowest BCUT2D eigenvalue weighted by atomic mass is 10.0. The summed E-state index contributed by atoms with van der Waals surface area (Å²) >= 11 is 6.14. The second kappa shape index (κ2) is 9.23. The molecule has 2 N–H and O–H groups in total. The van der Waals surface area contributed by atoms with Gasteiger partial charge in [-0.05, 0) is 24.7 Å². The molecule has 1 amide bonds. The van der Waals surface area contributed by atoms with E-state index < -0.39 is 0 Å². The zero-order valence-electron chi connectivity index (χ0n) is 13.8. The molecular formula is C17H26ClN3O2. The lowest BCUT2D eigenvalue weighted by Gasteiger charge is -2.35. The summed E-state index contributed by atoms with van der Waals surface area (Å²) in [6.45, 7) is 6.34. The van der Waals surface area contributed by atoms with E-state index in [2.05, 4.69) is 21.6 Å². The normalized spacial score (nSPS) is 18.4. The van der Waals surface area contributed by atoms with Crippen molar-refractivity contribution in [1.29, 1.82) is 0 Å². The van der Waals surface area contributed by atoms with Crippen molar-refractivity contribution in [2.45, 2.75) is 13.0 Å². The van der Waals surface area contributed by atoms with Crippen molar-refractivity contribution < 1.29 is 9.53 Å². The molecule has 0 aliphatic carbocycles. The largest absolute Gasteiger partial charge is 0.379 e. The number of hydrogen-bond acceptors (Lipinski definition) is 4. The van der Waals surface area contributed by atoms with E-state index >= 15 is 0 Å². The number of nitrogens with zero attached hydrogens (tertiary/aromatic N) is 1. The highest BCUT2D eigenvalue weighted by atomic mass is 35.5. The van der Waals surface area contributed by atoms with Gasteiger partial charge < -0.3 is 15.4 Å². The average molecular weight is 340 g/mol. The third-order valence-electron chi connectivity index (χ3n) is 4.15. The van der Waals surface area contributed by atoms with Crippen LogP contribution in [0.4, 0.5) is 0 Å². The minimum absolute atomic E-state index is 0.0512. The van der Waals surface area contributed by atoms with Gasteiger partial charge in [-0.2, -0.15) is 0 Å². The molecule has 0 radical (unpaired) electrons. The monoisotopic (exact) mass is 339 g/mol. The Morgan fingerprint density at radius 2 is 2.09 bits per heavy atom. The smallest absolute Gasteiger partial charge is 0.224 e. The number of halogens is 1. The molecule has 2 unspecified atom stereocenters. The molecule has 1 aliphatic rings.